The maximum absolute atomic E-state index is 12.6. The fourth-order valence-electron chi connectivity index (χ4n) is 3.38. The summed E-state index contributed by atoms with van der Waals surface area (Å²) in [6.45, 7) is 9.32. The van der Waals surface area contributed by atoms with Crippen LogP contribution in [0.15, 0.2) is 12.7 Å². The Morgan fingerprint density at radius 3 is 2.73 bits per heavy atom. The molecule has 2 aliphatic heterocycles. The highest BCUT2D eigenvalue weighted by molar-refractivity contribution is 5.97. The fraction of sp³-hybridized carbons (Fsp3) is 0.611. The predicted molar refractivity (Wildman–Crippen MR) is 97.3 cm³/mol. The van der Waals surface area contributed by atoms with Gasteiger partial charge in [0.15, 0.2) is 5.82 Å². The molecule has 2 aliphatic rings. The van der Waals surface area contributed by atoms with Gasteiger partial charge >= 0.3 is 0 Å². The minimum Gasteiger partial charge on any atom is -0.379 e. The van der Waals surface area contributed by atoms with Gasteiger partial charge in [0.1, 0.15) is 5.69 Å². The number of carbonyl (C=O) groups excluding carboxylic acids is 2. The lowest BCUT2D eigenvalue weighted by Crippen LogP contribution is -2.41. The van der Waals surface area contributed by atoms with E-state index < -0.39 is 0 Å². The molecule has 0 aromatic carbocycles. The average molecular weight is 361 g/mol. The molecular formula is C18H27N5O3. The molecule has 3 rings (SSSR count). The Morgan fingerprint density at radius 1 is 1.15 bits per heavy atom. The smallest absolute Gasteiger partial charge is 0.287 e. The molecule has 8 heteroatoms. The van der Waals surface area contributed by atoms with Crippen molar-refractivity contribution >= 4 is 11.8 Å². The highest BCUT2D eigenvalue weighted by Gasteiger charge is 2.27. The molecule has 1 saturated heterocycles. The Labute approximate surface area is 153 Å². The monoisotopic (exact) mass is 361 g/mol. The van der Waals surface area contributed by atoms with Gasteiger partial charge in [-0.2, -0.15) is 0 Å². The van der Waals surface area contributed by atoms with Crippen molar-refractivity contribution < 1.29 is 14.3 Å². The van der Waals surface area contributed by atoms with Crippen LogP contribution in [0.5, 0.6) is 0 Å². The molecule has 2 amide bonds. The number of rotatable bonds is 7. The van der Waals surface area contributed by atoms with Crippen LogP contribution in [0.2, 0.25) is 0 Å². The quantitative estimate of drug-likeness (QED) is 0.677. The molecule has 26 heavy (non-hydrogen) atoms. The van der Waals surface area contributed by atoms with E-state index in [1.165, 1.54) is 0 Å². The number of carbonyl (C=O) groups is 2. The summed E-state index contributed by atoms with van der Waals surface area (Å²) in [6, 6.07) is 0. The second-order valence-electron chi connectivity index (χ2n) is 6.55. The van der Waals surface area contributed by atoms with Gasteiger partial charge in [0.2, 0.25) is 0 Å². The van der Waals surface area contributed by atoms with Gasteiger partial charge in [0, 0.05) is 39.3 Å². The SMILES string of the molecule is C=CCNC(=O)c1nc(C(=O)NCCN2CCOCC2)n2c1CCCC2. The van der Waals surface area contributed by atoms with E-state index in [0.717, 1.165) is 64.3 Å². The molecule has 8 nitrogen and oxygen atoms in total. The minimum absolute atomic E-state index is 0.218. The molecule has 2 N–H and O–H groups in total. The van der Waals surface area contributed by atoms with Crippen LogP contribution in [0.3, 0.4) is 0 Å². The minimum atomic E-state index is -0.247. The van der Waals surface area contributed by atoms with Gasteiger partial charge in [-0.25, -0.2) is 4.98 Å². The van der Waals surface area contributed by atoms with Crippen LogP contribution < -0.4 is 10.6 Å². The van der Waals surface area contributed by atoms with Crippen molar-refractivity contribution in [3.05, 3.63) is 29.9 Å². The van der Waals surface area contributed by atoms with Crippen molar-refractivity contribution in [2.45, 2.75) is 25.8 Å². The van der Waals surface area contributed by atoms with Crippen molar-refractivity contribution in [2.75, 3.05) is 45.9 Å². The van der Waals surface area contributed by atoms with E-state index in [9.17, 15) is 9.59 Å². The lowest BCUT2D eigenvalue weighted by Gasteiger charge is -2.26. The average Bonchev–Trinajstić information content (AvgIpc) is 3.07. The summed E-state index contributed by atoms with van der Waals surface area (Å²) in [5, 5.41) is 5.69. The van der Waals surface area contributed by atoms with Crippen LogP contribution in [0.4, 0.5) is 0 Å². The van der Waals surface area contributed by atoms with Crippen molar-refractivity contribution in [2.24, 2.45) is 0 Å². The van der Waals surface area contributed by atoms with Crippen molar-refractivity contribution in [3.63, 3.8) is 0 Å². The number of amides is 2. The molecule has 0 atom stereocenters. The number of hydrogen-bond acceptors (Lipinski definition) is 5. The summed E-state index contributed by atoms with van der Waals surface area (Å²) >= 11 is 0. The first kappa shape index (κ1) is 18.6. The molecule has 1 aromatic rings. The Bertz CT molecular complexity index is 664. The van der Waals surface area contributed by atoms with E-state index in [1.54, 1.807) is 6.08 Å². The number of fused-ring (bicyclic) bond motifs is 1. The van der Waals surface area contributed by atoms with Gasteiger partial charge in [0.05, 0.1) is 18.9 Å². The molecule has 142 valence electrons. The zero-order valence-electron chi connectivity index (χ0n) is 15.1. The Hall–Kier alpha value is -2.19. The van der Waals surface area contributed by atoms with Crippen LogP contribution in [0.25, 0.3) is 0 Å². The highest BCUT2D eigenvalue weighted by atomic mass is 16.5. The number of nitrogens with one attached hydrogen (secondary N) is 2. The van der Waals surface area contributed by atoms with E-state index in [-0.39, 0.29) is 11.8 Å². The predicted octanol–water partition coefficient (Wildman–Crippen LogP) is 0.197. The number of morpholine rings is 1. The van der Waals surface area contributed by atoms with Crippen molar-refractivity contribution in [1.29, 1.82) is 0 Å². The van der Waals surface area contributed by atoms with Crippen LogP contribution >= 0.6 is 0 Å². The van der Waals surface area contributed by atoms with E-state index in [0.29, 0.717) is 24.6 Å². The third-order valence-electron chi connectivity index (χ3n) is 4.76. The Balaban J connectivity index is 1.65. The van der Waals surface area contributed by atoms with Crippen molar-refractivity contribution in [3.8, 4) is 0 Å². The third kappa shape index (κ3) is 4.31. The van der Waals surface area contributed by atoms with Gasteiger partial charge in [0.25, 0.3) is 11.8 Å². The molecule has 0 bridgehead atoms. The first-order chi connectivity index (χ1) is 12.7. The van der Waals surface area contributed by atoms with Gasteiger partial charge in [-0.05, 0) is 19.3 Å². The number of ether oxygens (including phenoxy) is 1. The van der Waals surface area contributed by atoms with E-state index in [2.05, 4.69) is 27.1 Å². The molecule has 0 radical (unpaired) electrons. The molecule has 1 aromatic heterocycles. The summed E-state index contributed by atoms with van der Waals surface area (Å²) in [7, 11) is 0. The second-order valence-corrected chi connectivity index (χ2v) is 6.55. The maximum Gasteiger partial charge on any atom is 0.287 e. The maximum atomic E-state index is 12.6. The first-order valence-corrected chi connectivity index (χ1v) is 9.27. The number of nitrogens with zero attached hydrogens (tertiary/aromatic N) is 3. The Morgan fingerprint density at radius 2 is 1.96 bits per heavy atom. The van der Waals surface area contributed by atoms with E-state index >= 15 is 0 Å². The third-order valence-corrected chi connectivity index (χ3v) is 4.76. The topological polar surface area (TPSA) is 88.5 Å². The van der Waals surface area contributed by atoms with Gasteiger partial charge in [-0.15, -0.1) is 6.58 Å². The largest absolute Gasteiger partial charge is 0.379 e. The van der Waals surface area contributed by atoms with Gasteiger partial charge in [-0.1, -0.05) is 6.08 Å². The molecule has 0 spiro atoms. The number of hydrogen-bond donors (Lipinski definition) is 2. The second kappa shape index (κ2) is 8.95. The summed E-state index contributed by atoms with van der Waals surface area (Å²) < 4.78 is 7.22. The molecule has 3 heterocycles. The van der Waals surface area contributed by atoms with Gasteiger partial charge < -0.3 is 19.9 Å². The van der Waals surface area contributed by atoms with Gasteiger partial charge in [-0.3, -0.25) is 14.5 Å². The number of aromatic nitrogens is 2. The lowest BCUT2D eigenvalue weighted by atomic mass is 10.1. The summed E-state index contributed by atoms with van der Waals surface area (Å²) in [6.07, 6.45) is 4.39. The summed E-state index contributed by atoms with van der Waals surface area (Å²) in [4.78, 5) is 31.6. The van der Waals surface area contributed by atoms with E-state index in [1.807, 2.05) is 4.57 Å². The first-order valence-electron chi connectivity index (χ1n) is 9.27. The zero-order chi connectivity index (χ0) is 18.4. The van der Waals surface area contributed by atoms with E-state index in [4.69, 9.17) is 4.74 Å². The highest BCUT2D eigenvalue weighted by Crippen LogP contribution is 2.21. The zero-order valence-corrected chi connectivity index (χ0v) is 15.1. The van der Waals surface area contributed by atoms with Crippen LogP contribution in [0.1, 0.15) is 39.6 Å². The molecular weight excluding hydrogens is 334 g/mol. The van der Waals surface area contributed by atoms with Crippen LogP contribution in [-0.2, 0) is 17.7 Å². The van der Waals surface area contributed by atoms with Crippen LogP contribution in [-0.4, -0.2) is 72.2 Å². The molecule has 0 saturated carbocycles. The molecule has 1 fully saturated rings. The van der Waals surface area contributed by atoms with Crippen LogP contribution in [0, 0.1) is 0 Å². The lowest BCUT2D eigenvalue weighted by molar-refractivity contribution is 0.0383. The molecule has 0 unspecified atom stereocenters. The Kier molecular flexibility index (Phi) is 6.40. The normalized spacial score (nSPS) is 17.4. The summed E-state index contributed by atoms with van der Waals surface area (Å²) in [5.41, 5.74) is 1.22. The molecule has 0 aliphatic carbocycles. The van der Waals surface area contributed by atoms with Crippen molar-refractivity contribution in [1.82, 2.24) is 25.1 Å². The fourth-order valence-corrected chi connectivity index (χ4v) is 3.38. The number of imidazole rings is 1. The summed E-state index contributed by atoms with van der Waals surface area (Å²) in [5.74, 6) is -0.127. The standard InChI is InChI=1S/C18H27N5O3/c1-2-6-19-17(24)15-14-5-3-4-8-23(14)16(21-15)18(25)20-7-9-22-10-12-26-13-11-22/h2H,1,3-13H2,(H,19,24)(H,20,25).